The van der Waals surface area contributed by atoms with E-state index in [1.807, 2.05) is 20.8 Å². The molecule has 1 N–H and O–H groups in total. The molecule has 0 aliphatic rings. The number of carbonyl (C=O) groups excluding carboxylic acids is 2. The Kier molecular flexibility index (Phi) is 11.0. The lowest BCUT2D eigenvalue weighted by Gasteiger charge is -2.32. The monoisotopic (exact) mass is 649 g/mol. The summed E-state index contributed by atoms with van der Waals surface area (Å²) in [6.45, 7) is 7.02. The van der Waals surface area contributed by atoms with Gasteiger partial charge in [0, 0.05) is 22.1 Å². The average molecular weight is 651 g/mol. The quantitative estimate of drug-likeness (QED) is 0.274. The molecule has 0 fully saturated rings. The second kappa shape index (κ2) is 14.0. The van der Waals surface area contributed by atoms with Crippen LogP contribution in [0.15, 0.2) is 82.2 Å². The standard InChI is InChI=1S/C29H33BrClN3O5S/c1-5-39-25-14-12-24(13-15-25)34(40(37,38)26-16-10-23(30)11-17-26)19-28(35)33(21(4)29(36)32-20(2)3)18-22-8-6-7-9-27(22)31/h6-17,20-21H,5,18-19H2,1-4H3,(H,32,36)/t21-/m0/s1. The van der Waals surface area contributed by atoms with E-state index >= 15 is 0 Å². The molecule has 0 spiro atoms. The minimum Gasteiger partial charge on any atom is -0.494 e. The van der Waals surface area contributed by atoms with Crippen LogP contribution in [0.5, 0.6) is 5.75 Å². The van der Waals surface area contributed by atoms with E-state index < -0.39 is 28.5 Å². The molecule has 214 valence electrons. The van der Waals surface area contributed by atoms with Gasteiger partial charge in [-0.2, -0.15) is 0 Å². The molecular formula is C29H33BrClN3O5S. The highest BCUT2D eigenvalue weighted by molar-refractivity contribution is 9.10. The highest BCUT2D eigenvalue weighted by Gasteiger charge is 2.33. The largest absolute Gasteiger partial charge is 0.494 e. The topological polar surface area (TPSA) is 96.0 Å². The summed E-state index contributed by atoms with van der Waals surface area (Å²) in [6.07, 6.45) is 0. The van der Waals surface area contributed by atoms with E-state index in [-0.39, 0.29) is 29.1 Å². The number of sulfonamides is 1. The van der Waals surface area contributed by atoms with Crippen molar-refractivity contribution in [3.05, 3.63) is 87.9 Å². The maximum absolute atomic E-state index is 13.9. The smallest absolute Gasteiger partial charge is 0.264 e. The molecule has 0 bridgehead atoms. The maximum Gasteiger partial charge on any atom is 0.264 e. The van der Waals surface area contributed by atoms with Gasteiger partial charge >= 0.3 is 0 Å². The Morgan fingerprint density at radius 3 is 2.17 bits per heavy atom. The minimum atomic E-state index is -4.17. The number of ether oxygens (including phenoxy) is 1. The molecule has 1 atom stereocenters. The molecule has 0 aromatic heterocycles. The average Bonchev–Trinajstić information content (AvgIpc) is 2.91. The lowest BCUT2D eigenvalue weighted by Crippen LogP contribution is -2.52. The molecule has 3 aromatic carbocycles. The first-order valence-corrected chi connectivity index (χ1v) is 15.4. The summed E-state index contributed by atoms with van der Waals surface area (Å²) >= 11 is 9.72. The molecule has 3 aromatic rings. The zero-order valence-corrected chi connectivity index (χ0v) is 26.0. The number of anilines is 1. The molecule has 0 saturated carbocycles. The number of hydrogen-bond donors (Lipinski definition) is 1. The van der Waals surface area contributed by atoms with E-state index in [0.29, 0.717) is 27.4 Å². The molecule has 40 heavy (non-hydrogen) atoms. The van der Waals surface area contributed by atoms with Crippen LogP contribution in [0.1, 0.15) is 33.3 Å². The van der Waals surface area contributed by atoms with Crippen LogP contribution < -0.4 is 14.4 Å². The number of nitrogens with one attached hydrogen (secondary N) is 1. The Bertz CT molecular complexity index is 1420. The lowest BCUT2D eigenvalue weighted by atomic mass is 10.1. The van der Waals surface area contributed by atoms with Gasteiger partial charge in [0.05, 0.1) is 17.2 Å². The predicted molar refractivity (Wildman–Crippen MR) is 161 cm³/mol. The fourth-order valence-corrected chi connectivity index (χ4v) is 5.81. The van der Waals surface area contributed by atoms with E-state index in [1.54, 1.807) is 67.6 Å². The zero-order chi connectivity index (χ0) is 29.4. The molecule has 0 unspecified atom stereocenters. The molecule has 0 radical (unpaired) electrons. The normalized spacial score (nSPS) is 12.1. The van der Waals surface area contributed by atoms with E-state index in [1.165, 1.54) is 17.0 Å². The van der Waals surface area contributed by atoms with Crippen molar-refractivity contribution >= 4 is 55.1 Å². The Hall–Kier alpha value is -3.08. The Morgan fingerprint density at radius 1 is 0.975 bits per heavy atom. The number of benzene rings is 3. The van der Waals surface area contributed by atoms with Crippen molar-refractivity contribution in [2.45, 2.75) is 51.2 Å². The van der Waals surface area contributed by atoms with Gasteiger partial charge < -0.3 is 15.0 Å². The molecule has 0 aliphatic heterocycles. The van der Waals surface area contributed by atoms with Crippen LogP contribution in [-0.2, 0) is 26.2 Å². The Labute approximate surface area is 249 Å². The van der Waals surface area contributed by atoms with Crippen molar-refractivity contribution in [2.75, 3.05) is 17.5 Å². The molecule has 0 aliphatic carbocycles. The number of hydrogen-bond acceptors (Lipinski definition) is 5. The zero-order valence-electron chi connectivity index (χ0n) is 22.8. The number of rotatable bonds is 12. The van der Waals surface area contributed by atoms with Crippen LogP contribution in [0.4, 0.5) is 5.69 Å². The summed E-state index contributed by atoms with van der Waals surface area (Å²) in [7, 11) is -4.17. The summed E-state index contributed by atoms with van der Waals surface area (Å²) in [5.74, 6) is -0.363. The van der Waals surface area contributed by atoms with Gasteiger partial charge in [0.1, 0.15) is 18.3 Å². The van der Waals surface area contributed by atoms with Gasteiger partial charge in [0.2, 0.25) is 11.8 Å². The van der Waals surface area contributed by atoms with E-state index in [2.05, 4.69) is 21.2 Å². The first-order chi connectivity index (χ1) is 18.9. The predicted octanol–water partition coefficient (Wildman–Crippen LogP) is 5.64. The van der Waals surface area contributed by atoms with Crippen molar-refractivity contribution < 1.29 is 22.7 Å². The third-order valence-corrected chi connectivity index (χ3v) is 8.70. The molecule has 2 amide bonds. The summed E-state index contributed by atoms with van der Waals surface area (Å²) in [5.41, 5.74) is 0.904. The van der Waals surface area contributed by atoms with Gasteiger partial charge in [-0.15, -0.1) is 0 Å². The third-order valence-electron chi connectivity index (χ3n) is 6.01. The third kappa shape index (κ3) is 7.99. The Balaban J connectivity index is 2.04. The molecule has 0 heterocycles. The van der Waals surface area contributed by atoms with Crippen molar-refractivity contribution in [1.82, 2.24) is 10.2 Å². The van der Waals surface area contributed by atoms with Crippen molar-refractivity contribution in [2.24, 2.45) is 0 Å². The van der Waals surface area contributed by atoms with Crippen LogP contribution in [0.2, 0.25) is 5.02 Å². The summed E-state index contributed by atoms with van der Waals surface area (Å²) in [5, 5.41) is 3.26. The molecule has 8 nitrogen and oxygen atoms in total. The van der Waals surface area contributed by atoms with Gasteiger partial charge in [-0.05, 0) is 87.9 Å². The second-order valence-electron chi connectivity index (χ2n) is 9.34. The summed E-state index contributed by atoms with van der Waals surface area (Å²) in [6, 6.07) is 18.6. The lowest BCUT2D eigenvalue weighted by molar-refractivity contribution is -0.139. The van der Waals surface area contributed by atoms with Gasteiger partial charge in [-0.3, -0.25) is 13.9 Å². The number of halogens is 2. The molecule has 11 heteroatoms. The van der Waals surface area contributed by atoms with Crippen molar-refractivity contribution in [3.8, 4) is 5.75 Å². The van der Waals surface area contributed by atoms with Crippen LogP contribution >= 0.6 is 27.5 Å². The fourth-order valence-electron chi connectivity index (χ4n) is 3.94. The SMILES string of the molecule is CCOc1ccc(N(CC(=O)N(Cc2ccccc2Cl)[C@@H](C)C(=O)NC(C)C)S(=O)(=O)c2ccc(Br)cc2)cc1. The van der Waals surface area contributed by atoms with E-state index in [0.717, 1.165) is 4.31 Å². The van der Waals surface area contributed by atoms with E-state index in [4.69, 9.17) is 16.3 Å². The second-order valence-corrected chi connectivity index (χ2v) is 12.5. The van der Waals surface area contributed by atoms with Crippen molar-refractivity contribution in [3.63, 3.8) is 0 Å². The van der Waals surface area contributed by atoms with Crippen LogP contribution in [0, 0.1) is 0 Å². The summed E-state index contributed by atoms with van der Waals surface area (Å²) in [4.78, 5) is 28.3. The number of amides is 2. The molecular weight excluding hydrogens is 618 g/mol. The van der Waals surface area contributed by atoms with Gasteiger partial charge in [-0.1, -0.05) is 45.7 Å². The van der Waals surface area contributed by atoms with Crippen LogP contribution in [-0.4, -0.2) is 50.4 Å². The first-order valence-electron chi connectivity index (χ1n) is 12.8. The van der Waals surface area contributed by atoms with Gasteiger partial charge in [-0.25, -0.2) is 8.42 Å². The van der Waals surface area contributed by atoms with E-state index in [9.17, 15) is 18.0 Å². The Morgan fingerprint density at radius 2 is 1.60 bits per heavy atom. The highest BCUT2D eigenvalue weighted by atomic mass is 79.9. The van der Waals surface area contributed by atoms with Gasteiger partial charge in [0.15, 0.2) is 0 Å². The number of nitrogens with zero attached hydrogens (tertiary/aromatic N) is 2. The van der Waals surface area contributed by atoms with Crippen LogP contribution in [0.25, 0.3) is 0 Å². The first kappa shape index (κ1) is 31.4. The van der Waals surface area contributed by atoms with Gasteiger partial charge in [0.25, 0.3) is 10.0 Å². The summed E-state index contributed by atoms with van der Waals surface area (Å²) < 4.78 is 35.0. The maximum atomic E-state index is 13.9. The number of carbonyl (C=O) groups is 2. The molecule has 3 rings (SSSR count). The van der Waals surface area contributed by atoms with Crippen molar-refractivity contribution in [1.29, 1.82) is 0 Å². The molecule has 0 saturated heterocycles. The highest BCUT2D eigenvalue weighted by Crippen LogP contribution is 2.28. The fraction of sp³-hybridized carbons (Fsp3) is 0.310. The van der Waals surface area contributed by atoms with Crippen LogP contribution in [0.3, 0.4) is 0 Å². The minimum absolute atomic E-state index is 0.0145.